The number of nitrogens with one attached hydrogen (secondary N) is 1. The fraction of sp³-hybridized carbons (Fsp3) is 0.278. The topological polar surface area (TPSA) is 55.1 Å². The monoisotopic (exact) mass is 368 g/mol. The van der Waals surface area contributed by atoms with Crippen LogP contribution in [0.2, 0.25) is 5.02 Å². The summed E-state index contributed by atoms with van der Waals surface area (Å²) in [4.78, 5) is 12.2. The Labute approximate surface area is 148 Å². The van der Waals surface area contributed by atoms with Gasteiger partial charge in [-0.05, 0) is 48.2 Å². The van der Waals surface area contributed by atoms with E-state index >= 15 is 0 Å². The van der Waals surface area contributed by atoms with E-state index in [2.05, 4.69) is 5.32 Å². The highest BCUT2D eigenvalue weighted by Gasteiger charge is 2.64. The van der Waals surface area contributed by atoms with Gasteiger partial charge < -0.3 is 11.1 Å². The third kappa shape index (κ3) is 3.44. The van der Waals surface area contributed by atoms with Crippen molar-refractivity contribution in [3.05, 3.63) is 64.2 Å². The number of nitrogens with two attached hydrogens (primary N) is 1. The van der Waals surface area contributed by atoms with E-state index in [4.69, 9.17) is 17.3 Å². The van der Waals surface area contributed by atoms with Crippen LogP contribution in [-0.2, 0) is 12.0 Å². The second-order valence-corrected chi connectivity index (χ2v) is 6.60. The highest BCUT2D eigenvalue weighted by molar-refractivity contribution is 6.31. The maximum Gasteiger partial charge on any atom is 0.398 e. The maximum atomic E-state index is 13.1. The van der Waals surface area contributed by atoms with Gasteiger partial charge in [-0.15, -0.1) is 0 Å². The molecule has 2 aromatic carbocycles. The van der Waals surface area contributed by atoms with Crippen LogP contribution in [0.15, 0.2) is 42.5 Å². The van der Waals surface area contributed by atoms with Gasteiger partial charge in [0.2, 0.25) is 0 Å². The largest absolute Gasteiger partial charge is 0.399 e. The summed E-state index contributed by atoms with van der Waals surface area (Å²) in [5, 5.41) is 3.13. The molecule has 2 aromatic rings. The van der Waals surface area contributed by atoms with E-state index in [-0.39, 0.29) is 30.9 Å². The number of halogens is 4. The molecule has 132 valence electrons. The Balaban J connectivity index is 1.67. The SMILES string of the molecule is Nc1ccc(CNC(=O)c2ccc(C3(C(F)(F)F)CC3)cc2)c(Cl)c1. The van der Waals surface area contributed by atoms with Crippen molar-refractivity contribution < 1.29 is 18.0 Å². The van der Waals surface area contributed by atoms with Crippen molar-refractivity contribution >= 4 is 23.2 Å². The number of alkyl halides is 3. The molecule has 0 bridgehead atoms. The van der Waals surface area contributed by atoms with E-state index in [1.54, 1.807) is 18.2 Å². The van der Waals surface area contributed by atoms with Crippen molar-refractivity contribution in [2.24, 2.45) is 0 Å². The van der Waals surface area contributed by atoms with Crippen LogP contribution < -0.4 is 11.1 Å². The molecule has 0 spiro atoms. The minimum atomic E-state index is -4.26. The van der Waals surface area contributed by atoms with Gasteiger partial charge in [-0.2, -0.15) is 13.2 Å². The van der Waals surface area contributed by atoms with Crippen molar-refractivity contribution in [3.8, 4) is 0 Å². The zero-order chi connectivity index (χ0) is 18.2. The Morgan fingerprint density at radius 2 is 1.80 bits per heavy atom. The van der Waals surface area contributed by atoms with E-state index in [1.165, 1.54) is 24.3 Å². The predicted octanol–water partition coefficient (Wildman–Crippen LogP) is 4.45. The molecule has 0 radical (unpaired) electrons. The summed E-state index contributed by atoms with van der Waals surface area (Å²) in [6.07, 6.45) is -4.07. The van der Waals surface area contributed by atoms with Crippen molar-refractivity contribution in [1.82, 2.24) is 5.32 Å². The second-order valence-electron chi connectivity index (χ2n) is 6.19. The number of amides is 1. The predicted molar refractivity (Wildman–Crippen MR) is 90.4 cm³/mol. The van der Waals surface area contributed by atoms with Crippen molar-refractivity contribution in [2.75, 3.05) is 5.73 Å². The van der Waals surface area contributed by atoms with Crippen LogP contribution in [0.25, 0.3) is 0 Å². The fourth-order valence-corrected chi connectivity index (χ4v) is 3.04. The molecule has 1 aliphatic carbocycles. The molecular weight excluding hydrogens is 353 g/mol. The Morgan fingerprint density at radius 1 is 1.16 bits per heavy atom. The Kier molecular flexibility index (Phi) is 4.41. The number of rotatable bonds is 4. The lowest BCUT2D eigenvalue weighted by atomic mass is 9.94. The summed E-state index contributed by atoms with van der Waals surface area (Å²) in [5.74, 6) is -0.378. The van der Waals surface area contributed by atoms with Crippen LogP contribution >= 0.6 is 11.6 Å². The zero-order valence-electron chi connectivity index (χ0n) is 13.2. The average molecular weight is 369 g/mol. The third-order valence-electron chi connectivity index (χ3n) is 4.51. The van der Waals surface area contributed by atoms with Crippen LogP contribution in [0.5, 0.6) is 0 Å². The van der Waals surface area contributed by atoms with E-state index in [9.17, 15) is 18.0 Å². The van der Waals surface area contributed by atoms with Gasteiger partial charge in [-0.25, -0.2) is 0 Å². The Hall–Kier alpha value is -2.21. The van der Waals surface area contributed by atoms with Gasteiger partial charge in [0.25, 0.3) is 5.91 Å². The van der Waals surface area contributed by atoms with Crippen molar-refractivity contribution in [1.29, 1.82) is 0 Å². The first kappa shape index (κ1) is 17.6. The van der Waals surface area contributed by atoms with Gasteiger partial charge in [0.05, 0.1) is 5.41 Å². The summed E-state index contributed by atoms with van der Waals surface area (Å²) < 4.78 is 39.3. The first-order valence-electron chi connectivity index (χ1n) is 7.72. The minimum absolute atomic E-state index is 0.0949. The standard InChI is InChI=1S/C18H16ClF3N2O/c19-15-9-14(23)6-3-12(15)10-24-16(25)11-1-4-13(5-2-11)17(7-8-17)18(20,21)22/h1-6,9H,7-8,10,23H2,(H,24,25). The van der Waals surface area contributed by atoms with Gasteiger partial charge >= 0.3 is 6.18 Å². The molecule has 3 nitrogen and oxygen atoms in total. The molecule has 0 unspecified atom stereocenters. The molecule has 1 amide bonds. The van der Waals surface area contributed by atoms with Crippen LogP contribution in [-0.4, -0.2) is 12.1 Å². The molecule has 3 N–H and O–H groups in total. The van der Waals surface area contributed by atoms with Gasteiger partial charge in [0, 0.05) is 22.8 Å². The summed E-state index contributed by atoms with van der Waals surface area (Å²) >= 11 is 6.04. The summed E-state index contributed by atoms with van der Waals surface area (Å²) in [7, 11) is 0. The highest BCUT2D eigenvalue weighted by Crippen LogP contribution is 2.58. The molecule has 25 heavy (non-hydrogen) atoms. The number of hydrogen-bond donors (Lipinski definition) is 2. The van der Waals surface area contributed by atoms with Gasteiger partial charge in [0.1, 0.15) is 0 Å². The summed E-state index contributed by atoms with van der Waals surface area (Å²) in [6, 6.07) is 10.6. The lowest BCUT2D eigenvalue weighted by molar-refractivity contribution is -0.160. The van der Waals surface area contributed by atoms with Gasteiger partial charge in [0.15, 0.2) is 0 Å². The normalized spacial score (nSPS) is 15.7. The first-order valence-corrected chi connectivity index (χ1v) is 8.10. The van der Waals surface area contributed by atoms with Crippen LogP contribution in [0.4, 0.5) is 18.9 Å². The van der Waals surface area contributed by atoms with Crippen molar-refractivity contribution in [3.63, 3.8) is 0 Å². The molecule has 1 fully saturated rings. The quantitative estimate of drug-likeness (QED) is 0.783. The molecule has 0 heterocycles. The number of hydrogen-bond acceptors (Lipinski definition) is 2. The molecule has 3 rings (SSSR count). The molecular formula is C18H16ClF3N2O. The molecule has 1 saturated carbocycles. The van der Waals surface area contributed by atoms with E-state index in [0.29, 0.717) is 21.8 Å². The number of nitrogen functional groups attached to an aromatic ring is 1. The average Bonchev–Trinajstić information content (AvgIpc) is 3.35. The van der Waals surface area contributed by atoms with E-state index in [1.807, 2.05) is 0 Å². The molecule has 7 heteroatoms. The highest BCUT2D eigenvalue weighted by atomic mass is 35.5. The zero-order valence-corrected chi connectivity index (χ0v) is 13.9. The Morgan fingerprint density at radius 3 is 2.32 bits per heavy atom. The van der Waals surface area contributed by atoms with Crippen LogP contribution in [0.1, 0.15) is 34.3 Å². The maximum absolute atomic E-state index is 13.1. The summed E-state index contributed by atoms with van der Waals surface area (Å²) in [6.45, 7) is 0.201. The lowest BCUT2D eigenvalue weighted by Crippen LogP contribution is -2.29. The molecule has 0 aliphatic heterocycles. The van der Waals surface area contributed by atoms with E-state index < -0.39 is 11.6 Å². The number of carbonyl (C=O) groups excluding carboxylic acids is 1. The first-order chi connectivity index (χ1) is 11.7. The number of carbonyl (C=O) groups is 1. The number of benzene rings is 2. The smallest absolute Gasteiger partial charge is 0.398 e. The lowest BCUT2D eigenvalue weighted by Gasteiger charge is -2.19. The van der Waals surface area contributed by atoms with E-state index in [0.717, 1.165) is 0 Å². The fourth-order valence-electron chi connectivity index (χ4n) is 2.79. The Bertz CT molecular complexity index is 799. The molecule has 0 aromatic heterocycles. The van der Waals surface area contributed by atoms with Gasteiger partial charge in [-0.1, -0.05) is 29.8 Å². The molecule has 1 aliphatic rings. The van der Waals surface area contributed by atoms with Crippen LogP contribution in [0.3, 0.4) is 0 Å². The second kappa shape index (κ2) is 6.26. The molecule has 0 saturated heterocycles. The molecule has 0 atom stereocenters. The number of anilines is 1. The van der Waals surface area contributed by atoms with Gasteiger partial charge in [-0.3, -0.25) is 4.79 Å². The van der Waals surface area contributed by atoms with Crippen LogP contribution in [0, 0.1) is 0 Å². The minimum Gasteiger partial charge on any atom is -0.399 e. The van der Waals surface area contributed by atoms with Crippen molar-refractivity contribution in [2.45, 2.75) is 31.0 Å². The summed E-state index contributed by atoms with van der Waals surface area (Å²) in [5.41, 5.74) is 5.60. The third-order valence-corrected chi connectivity index (χ3v) is 4.86.